The Morgan fingerprint density at radius 3 is 2.21 bits per heavy atom. The lowest BCUT2D eigenvalue weighted by Crippen LogP contribution is -2.54. The molecular formula is C28H50O. The van der Waals surface area contributed by atoms with E-state index in [1.807, 2.05) is 0 Å². The summed E-state index contributed by atoms with van der Waals surface area (Å²) in [7, 11) is 0. The summed E-state index contributed by atoms with van der Waals surface area (Å²) in [6.07, 6.45) is 15.1. The largest absolute Gasteiger partial charge is 0.393 e. The molecule has 0 amide bonds. The molecule has 0 spiro atoms. The molecule has 0 aromatic carbocycles. The highest BCUT2D eigenvalue weighted by Crippen LogP contribution is 2.68. The molecule has 0 aromatic heterocycles. The Kier molecular flexibility index (Phi) is 6.22. The van der Waals surface area contributed by atoms with Crippen molar-refractivity contribution in [2.45, 2.75) is 118 Å². The summed E-state index contributed by atoms with van der Waals surface area (Å²) in [5.74, 6) is 7.28. The summed E-state index contributed by atoms with van der Waals surface area (Å²) in [4.78, 5) is 0. The van der Waals surface area contributed by atoms with Crippen LogP contribution in [0.4, 0.5) is 0 Å². The van der Waals surface area contributed by atoms with Crippen LogP contribution in [0, 0.1) is 58.2 Å². The van der Waals surface area contributed by atoms with Gasteiger partial charge >= 0.3 is 0 Å². The third-order valence-corrected chi connectivity index (χ3v) is 11.6. The molecule has 0 aliphatic heterocycles. The molecule has 4 aliphatic rings. The zero-order valence-corrected chi connectivity index (χ0v) is 20.4. The van der Waals surface area contributed by atoms with Gasteiger partial charge in [-0.2, -0.15) is 0 Å². The molecule has 168 valence electrons. The molecular weight excluding hydrogens is 352 g/mol. The van der Waals surface area contributed by atoms with E-state index in [0.717, 1.165) is 60.2 Å². The first-order valence-corrected chi connectivity index (χ1v) is 13.3. The van der Waals surface area contributed by atoms with Crippen LogP contribution in [0.5, 0.6) is 0 Å². The van der Waals surface area contributed by atoms with Crippen LogP contribution in [0.2, 0.25) is 0 Å². The lowest BCUT2D eigenvalue weighted by molar-refractivity contribution is -0.129. The molecule has 29 heavy (non-hydrogen) atoms. The molecule has 0 heterocycles. The Morgan fingerprint density at radius 1 is 0.793 bits per heavy atom. The Bertz CT molecular complexity index is 569. The highest BCUT2D eigenvalue weighted by atomic mass is 16.3. The quantitative estimate of drug-likeness (QED) is 0.499. The second-order valence-corrected chi connectivity index (χ2v) is 13.1. The SMILES string of the molecule is CC(C)[C@@H](C)CC[C@@H](C)C1CCC2C3CC[C@H]4CC(O)CCC4(C)C3CCC21C. The van der Waals surface area contributed by atoms with E-state index in [2.05, 4.69) is 41.5 Å². The van der Waals surface area contributed by atoms with Crippen molar-refractivity contribution < 1.29 is 5.11 Å². The first-order chi connectivity index (χ1) is 13.7. The Morgan fingerprint density at radius 2 is 1.48 bits per heavy atom. The molecule has 0 saturated heterocycles. The highest BCUT2D eigenvalue weighted by Gasteiger charge is 2.60. The van der Waals surface area contributed by atoms with Gasteiger partial charge < -0.3 is 5.11 Å². The minimum Gasteiger partial charge on any atom is -0.393 e. The Hall–Kier alpha value is -0.0400. The van der Waals surface area contributed by atoms with Gasteiger partial charge in [-0.3, -0.25) is 0 Å². The molecule has 4 saturated carbocycles. The van der Waals surface area contributed by atoms with E-state index in [0.29, 0.717) is 10.8 Å². The number of rotatable bonds is 5. The molecule has 4 aliphatic carbocycles. The van der Waals surface area contributed by atoms with Crippen LogP contribution in [-0.4, -0.2) is 11.2 Å². The first-order valence-electron chi connectivity index (χ1n) is 13.3. The van der Waals surface area contributed by atoms with Gasteiger partial charge in [-0.05, 0) is 116 Å². The molecule has 10 atom stereocenters. The molecule has 1 nitrogen and oxygen atoms in total. The highest BCUT2D eigenvalue weighted by molar-refractivity contribution is 5.09. The smallest absolute Gasteiger partial charge is 0.0543 e. The Balaban J connectivity index is 1.46. The molecule has 4 rings (SSSR count). The van der Waals surface area contributed by atoms with Gasteiger partial charge in [-0.1, -0.05) is 54.4 Å². The van der Waals surface area contributed by atoms with Gasteiger partial charge in [0.05, 0.1) is 6.10 Å². The zero-order valence-electron chi connectivity index (χ0n) is 20.4. The summed E-state index contributed by atoms with van der Waals surface area (Å²) in [6, 6.07) is 0. The fourth-order valence-electron chi connectivity index (χ4n) is 9.27. The lowest BCUT2D eigenvalue weighted by Gasteiger charge is -2.61. The predicted octanol–water partition coefficient (Wildman–Crippen LogP) is 7.71. The predicted molar refractivity (Wildman–Crippen MR) is 124 cm³/mol. The number of hydrogen-bond donors (Lipinski definition) is 1. The van der Waals surface area contributed by atoms with Gasteiger partial charge in [0.15, 0.2) is 0 Å². The standard InChI is InChI=1S/C28H50O/c1-18(2)19(3)7-8-20(4)24-11-12-25-23-10-9-21-17-22(29)13-15-27(21,5)26(23)14-16-28(24,25)6/h18-26,29H,7-17H2,1-6H3/t19-,20+,21-,22?,23?,24?,25?,26?,27?,28?/m0/s1. The fourth-order valence-corrected chi connectivity index (χ4v) is 9.27. The summed E-state index contributed by atoms with van der Waals surface area (Å²) < 4.78 is 0. The maximum atomic E-state index is 10.3. The molecule has 1 heteroatoms. The van der Waals surface area contributed by atoms with Crippen molar-refractivity contribution in [3.05, 3.63) is 0 Å². The van der Waals surface area contributed by atoms with Crippen LogP contribution < -0.4 is 0 Å². The van der Waals surface area contributed by atoms with E-state index in [4.69, 9.17) is 0 Å². The van der Waals surface area contributed by atoms with Gasteiger partial charge in [0.2, 0.25) is 0 Å². The lowest BCUT2D eigenvalue weighted by atomic mass is 9.44. The van der Waals surface area contributed by atoms with Gasteiger partial charge in [0.1, 0.15) is 0 Å². The summed E-state index contributed by atoms with van der Waals surface area (Å²) >= 11 is 0. The summed E-state index contributed by atoms with van der Waals surface area (Å²) in [5.41, 5.74) is 1.14. The normalized spacial score (nSPS) is 49.2. The van der Waals surface area contributed by atoms with Crippen molar-refractivity contribution in [2.24, 2.45) is 58.2 Å². The van der Waals surface area contributed by atoms with Crippen molar-refractivity contribution >= 4 is 0 Å². The molecule has 0 bridgehead atoms. The topological polar surface area (TPSA) is 20.2 Å². The van der Waals surface area contributed by atoms with Crippen molar-refractivity contribution in [1.29, 1.82) is 0 Å². The van der Waals surface area contributed by atoms with Crippen LogP contribution in [0.1, 0.15) is 112 Å². The number of aliphatic hydroxyl groups excluding tert-OH is 1. The van der Waals surface area contributed by atoms with E-state index in [1.54, 1.807) is 0 Å². The van der Waals surface area contributed by atoms with Crippen molar-refractivity contribution in [3.8, 4) is 0 Å². The summed E-state index contributed by atoms with van der Waals surface area (Å²) in [6.45, 7) is 15.2. The first kappa shape index (κ1) is 22.2. The maximum absolute atomic E-state index is 10.3. The van der Waals surface area contributed by atoms with Crippen LogP contribution in [0.15, 0.2) is 0 Å². The number of aliphatic hydroxyl groups is 1. The third-order valence-electron chi connectivity index (χ3n) is 11.6. The van der Waals surface area contributed by atoms with Gasteiger partial charge in [0.25, 0.3) is 0 Å². The van der Waals surface area contributed by atoms with Gasteiger partial charge in [-0.25, -0.2) is 0 Å². The monoisotopic (exact) mass is 402 g/mol. The van der Waals surface area contributed by atoms with E-state index < -0.39 is 0 Å². The number of fused-ring (bicyclic) bond motifs is 5. The van der Waals surface area contributed by atoms with Crippen molar-refractivity contribution in [3.63, 3.8) is 0 Å². The average molecular weight is 403 g/mol. The minimum absolute atomic E-state index is 0.0107. The van der Waals surface area contributed by atoms with Crippen LogP contribution in [0.3, 0.4) is 0 Å². The van der Waals surface area contributed by atoms with Crippen LogP contribution in [-0.2, 0) is 0 Å². The van der Waals surface area contributed by atoms with E-state index >= 15 is 0 Å². The minimum atomic E-state index is -0.0107. The maximum Gasteiger partial charge on any atom is 0.0543 e. The Labute approximate surface area is 181 Å². The molecule has 0 aromatic rings. The van der Waals surface area contributed by atoms with Crippen LogP contribution in [0.25, 0.3) is 0 Å². The second kappa shape index (κ2) is 8.14. The molecule has 1 N–H and O–H groups in total. The van der Waals surface area contributed by atoms with E-state index in [-0.39, 0.29) is 6.10 Å². The summed E-state index contributed by atoms with van der Waals surface area (Å²) in [5, 5.41) is 10.3. The molecule has 7 unspecified atom stereocenters. The van der Waals surface area contributed by atoms with Crippen LogP contribution >= 0.6 is 0 Å². The van der Waals surface area contributed by atoms with Gasteiger partial charge in [0, 0.05) is 0 Å². The van der Waals surface area contributed by atoms with Crippen molar-refractivity contribution in [1.82, 2.24) is 0 Å². The second-order valence-electron chi connectivity index (χ2n) is 13.1. The third kappa shape index (κ3) is 3.74. The zero-order chi connectivity index (χ0) is 21.0. The van der Waals surface area contributed by atoms with E-state index in [1.165, 1.54) is 57.8 Å². The van der Waals surface area contributed by atoms with Crippen molar-refractivity contribution in [2.75, 3.05) is 0 Å². The van der Waals surface area contributed by atoms with Gasteiger partial charge in [-0.15, -0.1) is 0 Å². The number of hydrogen-bond acceptors (Lipinski definition) is 1. The van der Waals surface area contributed by atoms with E-state index in [9.17, 15) is 5.11 Å². The molecule has 4 fully saturated rings. The fraction of sp³-hybridized carbons (Fsp3) is 1.00. The molecule has 0 radical (unpaired) electrons. The average Bonchev–Trinajstić information content (AvgIpc) is 3.03.